The van der Waals surface area contributed by atoms with Crippen molar-refractivity contribution >= 4 is 24.2 Å². The van der Waals surface area contributed by atoms with Crippen LogP contribution >= 0.6 is 12.4 Å². The summed E-state index contributed by atoms with van der Waals surface area (Å²) in [4.78, 5) is 25.0. The quantitative estimate of drug-likeness (QED) is 0.764. The number of carbonyl (C=O) groups excluding carboxylic acids is 2. The molecule has 1 rings (SSSR count). The van der Waals surface area contributed by atoms with Crippen LogP contribution in [0.1, 0.15) is 26.7 Å². The summed E-state index contributed by atoms with van der Waals surface area (Å²) in [5.74, 6) is 0.531. The van der Waals surface area contributed by atoms with Gasteiger partial charge in [-0.15, -0.1) is 12.4 Å². The zero-order valence-electron chi connectivity index (χ0n) is 11.2. The van der Waals surface area contributed by atoms with Gasteiger partial charge in [-0.3, -0.25) is 9.59 Å². The van der Waals surface area contributed by atoms with Gasteiger partial charge in [-0.25, -0.2) is 0 Å². The van der Waals surface area contributed by atoms with Gasteiger partial charge in [-0.05, 0) is 5.92 Å². The molecular weight excluding hydrogens is 254 g/mol. The fourth-order valence-electron chi connectivity index (χ4n) is 1.82. The molecule has 1 aliphatic heterocycles. The predicted octanol–water partition coefficient (Wildman–Crippen LogP) is 0.392. The van der Waals surface area contributed by atoms with E-state index in [2.05, 4.69) is 10.6 Å². The second-order valence-corrected chi connectivity index (χ2v) is 4.83. The van der Waals surface area contributed by atoms with Gasteiger partial charge in [0.15, 0.2) is 0 Å². The molecule has 0 aromatic carbocycles. The van der Waals surface area contributed by atoms with Gasteiger partial charge in [0.05, 0.1) is 0 Å². The second kappa shape index (κ2) is 9.16. The summed E-state index contributed by atoms with van der Waals surface area (Å²) >= 11 is 0. The van der Waals surface area contributed by atoms with Crippen molar-refractivity contribution in [1.82, 2.24) is 15.5 Å². The molecule has 0 aromatic heterocycles. The Labute approximate surface area is 115 Å². The van der Waals surface area contributed by atoms with Crippen molar-refractivity contribution < 1.29 is 9.59 Å². The van der Waals surface area contributed by atoms with Gasteiger partial charge in [0.25, 0.3) is 0 Å². The molecule has 106 valence electrons. The lowest BCUT2D eigenvalue weighted by atomic mass is 10.1. The third kappa shape index (κ3) is 6.81. The van der Waals surface area contributed by atoms with E-state index in [9.17, 15) is 9.59 Å². The van der Waals surface area contributed by atoms with Crippen molar-refractivity contribution in [3.05, 3.63) is 0 Å². The van der Waals surface area contributed by atoms with Gasteiger partial charge < -0.3 is 15.5 Å². The molecule has 1 saturated heterocycles. The number of hydrogen-bond donors (Lipinski definition) is 2. The molecule has 0 aromatic rings. The van der Waals surface area contributed by atoms with Crippen LogP contribution in [-0.2, 0) is 9.59 Å². The summed E-state index contributed by atoms with van der Waals surface area (Å²) in [5, 5.41) is 5.98. The molecule has 0 saturated carbocycles. The van der Waals surface area contributed by atoms with E-state index in [1.807, 2.05) is 18.7 Å². The first kappa shape index (κ1) is 17.2. The smallest absolute Gasteiger partial charge is 0.224 e. The first-order valence-electron chi connectivity index (χ1n) is 6.35. The zero-order chi connectivity index (χ0) is 12.7. The predicted molar refractivity (Wildman–Crippen MR) is 73.8 cm³/mol. The SMILES string of the molecule is CC(C)CC(=O)NCCC(=O)N1CCNCC1.Cl. The Morgan fingerprint density at radius 3 is 2.44 bits per heavy atom. The lowest BCUT2D eigenvalue weighted by Crippen LogP contribution is -2.47. The van der Waals surface area contributed by atoms with E-state index >= 15 is 0 Å². The molecule has 0 bridgehead atoms. The molecule has 0 spiro atoms. The minimum atomic E-state index is 0. The molecule has 0 atom stereocenters. The third-order valence-corrected chi connectivity index (χ3v) is 2.72. The fourth-order valence-corrected chi connectivity index (χ4v) is 1.82. The summed E-state index contributed by atoms with van der Waals surface area (Å²) in [6.07, 6.45) is 0.936. The molecule has 2 amide bonds. The first-order valence-corrected chi connectivity index (χ1v) is 6.35. The van der Waals surface area contributed by atoms with E-state index < -0.39 is 0 Å². The minimum Gasteiger partial charge on any atom is -0.356 e. The molecule has 1 aliphatic rings. The Kier molecular flexibility index (Phi) is 8.75. The highest BCUT2D eigenvalue weighted by Gasteiger charge is 2.15. The molecule has 0 radical (unpaired) electrons. The minimum absolute atomic E-state index is 0. The first-order chi connectivity index (χ1) is 8.09. The summed E-state index contributed by atoms with van der Waals surface area (Å²) in [6, 6.07) is 0. The van der Waals surface area contributed by atoms with E-state index in [1.165, 1.54) is 0 Å². The summed E-state index contributed by atoms with van der Waals surface area (Å²) in [5.41, 5.74) is 0. The molecular formula is C12H24ClN3O2. The molecule has 5 nitrogen and oxygen atoms in total. The van der Waals surface area contributed by atoms with E-state index in [0.717, 1.165) is 26.2 Å². The zero-order valence-corrected chi connectivity index (χ0v) is 12.0. The van der Waals surface area contributed by atoms with Crippen LogP contribution in [-0.4, -0.2) is 49.4 Å². The average molecular weight is 278 g/mol. The second-order valence-electron chi connectivity index (χ2n) is 4.83. The highest BCUT2D eigenvalue weighted by atomic mass is 35.5. The van der Waals surface area contributed by atoms with Crippen molar-refractivity contribution in [3.63, 3.8) is 0 Å². The van der Waals surface area contributed by atoms with Crippen LogP contribution in [0.5, 0.6) is 0 Å². The lowest BCUT2D eigenvalue weighted by Gasteiger charge is -2.27. The maximum atomic E-state index is 11.7. The third-order valence-electron chi connectivity index (χ3n) is 2.72. The highest BCUT2D eigenvalue weighted by Crippen LogP contribution is 1.99. The Balaban J connectivity index is 0.00000289. The molecule has 0 unspecified atom stereocenters. The molecule has 0 aliphatic carbocycles. The van der Waals surface area contributed by atoms with Crippen molar-refractivity contribution in [2.45, 2.75) is 26.7 Å². The van der Waals surface area contributed by atoms with E-state index in [1.54, 1.807) is 0 Å². The largest absolute Gasteiger partial charge is 0.356 e. The van der Waals surface area contributed by atoms with Crippen LogP contribution in [0.25, 0.3) is 0 Å². The Morgan fingerprint density at radius 1 is 1.28 bits per heavy atom. The molecule has 18 heavy (non-hydrogen) atoms. The monoisotopic (exact) mass is 277 g/mol. The van der Waals surface area contributed by atoms with Crippen LogP contribution in [0.15, 0.2) is 0 Å². The summed E-state index contributed by atoms with van der Waals surface area (Å²) in [6.45, 7) is 7.75. The number of nitrogens with zero attached hydrogens (tertiary/aromatic N) is 1. The lowest BCUT2D eigenvalue weighted by molar-refractivity contribution is -0.131. The van der Waals surface area contributed by atoms with Gasteiger partial charge in [-0.1, -0.05) is 13.8 Å². The number of amides is 2. The van der Waals surface area contributed by atoms with Crippen molar-refractivity contribution in [2.24, 2.45) is 5.92 Å². The van der Waals surface area contributed by atoms with Crippen molar-refractivity contribution in [3.8, 4) is 0 Å². The maximum Gasteiger partial charge on any atom is 0.224 e. The number of carbonyl (C=O) groups is 2. The van der Waals surface area contributed by atoms with Crippen LogP contribution in [0.2, 0.25) is 0 Å². The number of halogens is 1. The van der Waals surface area contributed by atoms with Gasteiger partial charge >= 0.3 is 0 Å². The van der Waals surface area contributed by atoms with Crippen LogP contribution < -0.4 is 10.6 Å². The number of piperazine rings is 1. The van der Waals surface area contributed by atoms with Crippen LogP contribution in [0.4, 0.5) is 0 Å². The van der Waals surface area contributed by atoms with E-state index in [4.69, 9.17) is 0 Å². The topological polar surface area (TPSA) is 61.4 Å². The van der Waals surface area contributed by atoms with Crippen molar-refractivity contribution in [1.29, 1.82) is 0 Å². The van der Waals surface area contributed by atoms with E-state index in [0.29, 0.717) is 25.3 Å². The maximum absolute atomic E-state index is 11.7. The standard InChI is InChI=1S/C12H23N3O2.ClH/c1-10(2)9-11(16)14-4-3-12(17)15-7-5-13-6-8-15;/h10,13H,3-9H2,1-2H3,(H,14,16);1H. The van der Waals surface area contributed by atoms with Gasteiger partial charge in [0.2, 0.25) is 11.8 Å². The summed E-state index contributed by atoms with van der Waals surface area (Å²) in [7, 11) is 0. The Hall–Kier alpha value is -0.810. The summed E-state index contributed by atoms with van der Waals surface area (Å²) < 4.78 is 0. The van der Waals surface area contributed by atoms with Gasteiger partial charge in [-0.2, -0.15) is 0 Å². The van der Waals surface area contributed by atoms with Crippen molar-refractivity contribution in [2.75, 3.05) is 32.7 Å². The molecule has 1 fully saturated rings. The Bertz CT molecular complexity index is 266. The highest BCUT2D eigenvalue weighted by molar-refractivity contribution is 5.85. The van der Waals surface area contributed by atoms with Gasteiger partial charge in [0.1, 0.15) is 0 Å². The average Bonchev–Trinajstić information content (AvgIpc) is 2.29. The van der Waals surface area contributed by atoms with Gasteiger partial charge in [0, 0.05) is 45.6 Å². The number of hydrogen-bond acceptors (Lipinski definition) is 3. The van der Waals surface area contributed by atoms with Crippen LogP contribution in [0.3, 0.4) is 0 Å². The molecule has 2 N–H and O–H groups in total. The molecule has 6 heteroatoms. The normalized spacial score (nSPS) is 15.2. The van der Waals surface area contributed by atoms with Crippen LogP contribution in [0, 0.1) is 5.92 Å². The molecule has 1 heterocycles. The Morgan fingerprint density at radius 2 is 1.89 bits per heavy atom. The number of nitrogens with one attached hydrogen (secondary N) is 2. The number of rotatable bonds is 5. The van der Waals surface area contributed by atoms with E-state index in [-0.39, 0.29) is 24.2 Å². The fraction of sp³-hybridized carbons (Fsp3) is 0.833.